The summed E-state index contributed by atoms with van der Waals surface area (Å²) in [4.78, 5) is 44.4. The van der Waals surface area contributed by atoms with E-state index in [1.165, 1.54) is 6.92 Å². The van der Waals surface area contributed by atoms with Crippen molar-refractivity contribution in [1.29, 1.82) is 0 Å². The summed E-state index contributed by atoms with van der Waals surface area (Å²) in [5.74, 6) is -0.711. The maximum Gasteiger partial charge on any atom is 0.320 e. The first kappa shape index (κ1) is 21.8. The fraction of sp³-hybridized carbons (Fsp3) is 0.733. The van der Waals surface area contributed by atoms with Crippen molar-refractivity contribution in [2.75, 3.05) is 5.75 Å². The van der Waals surface area contributed by atoms with Crippen LogP contribution < -0.4 is 5.73 Å². The van der Waals surface area contributed by atoms with Crippen molar-refractivity contribution in [2.24, 2.45) is 5.73 Å². The lowest BCUT2D eigenvalue weighted by atomic mass is 10.0. The maximum atomic E-state index is 11.6. The van der Waals surface area contributed by atoms with Gasteiger partial charge in [0.15, 0.2) is 0 Å². The molecule has 0 saturated heterocycles. The van der Waals surface area contributed by atoms with Crippen molar-refractivity contribution in [2.45, 2.75) is 64.0 Å². The molecule has 0 unspecified atom stereocenters. The van der Waals surface area contributed by atoms with Crippen molar-refractivity contribution >= 4 is 34.4 Å². The molecule has 0 spiro atoms. The average molecular weight is 347 g/mol. The van der Waals surface area contributed by atoms with Gasteiger partial charge in [-0.05, 0) is 32.6 Å². The van der Waals surface area contributed by atoms with Crippen LogP contribution in [0.4, 0.5) is 0 Å². The summed E-state index contributed by atoms with van der Waals surface area (Å²) in [6.45, 7) is 1.49. The van der Waals surface area contributed by atoms with Crippen LogP contribution in [0, 0.1) is 0 Å². The Morgan fingerprint density at radius 1 is 1.04 bits per heavy atom. The molecule has 0 heterocycles. The number of carboxylic acid groups (broad SMARTS) is 1. The van der Waals surface area contributed by atoms with E-state index in [1.807, 2.05) is 0 Å². The van der Waals surface area contributed by atoms with E-state index in [0.717, 1.165) is 11.8 Å². The Bertz CT molecular complexity index is 426. The topological polar surface area (TPSA) is 135 Å². The Kier molecular flexibility index (Phi) is 11.5. The van der Waals surface area contributed by atoms with Crippen LogP contribution in [0.3, 0.4) is 0 Å². The number of thioether (sulfide) groups is 1. The van der Waals surface area contributed by atoms with Gasteiger partial charge in [-0.2, -0.15) is 0 Å². The van der Waals surface area contributed by atoms with Gasteiger partial charge in [0.05, 0.1) is 0 Å². The second-order valence-corrected chi connectivity index (χ2v) is 6.50. The number of carbonyl (C=O) groups excluding carboxylic acids is 3. The molecular formula is C15H25NO6S. The number of Topliss-reactive ketones (excluding diaryl/α,β-unsaturated/α-hetero) is 2. The van der Waals surface area contributed by atoms with Crippen LogP contribution in [-0.2, 0) is 19.2 Å². The van der Waals surface area contributed by atoms with E-state index in [-0.39, 0.29) is 42.4 Å². The predicted molar refractivity (Wildman–Crippen MR) is 87.1 cm³/mol. The Labute approximate surface area is 140 Å². The molecule has 0 rings (SSSR count). The standard InChI is InChI=1S/C15H25NO6S/c1-10(17)4-3-9-23-15(22)13(19)6-2-5-11(18)7-8-12(16)14(20)21/h12-13,19H,2-9,16H2,1H3,(H,20,21)/t12-,13-/m0/s1. The lowest BCUT2D eigenvalue weighted by Crippen LogP contribution is -2.30. The van der Waals surface area contributed by atoms with Gasteiger partial charge in [-0.15, -0.1) is 0 Å². The minimum Gasteiger partial charge on any atom is -0.480 e. The molecule has 0 fully saturated rings. The normalized spacial score (nSPS) is 13.3. The van der Waals surface area contributed by atoms with Crippen LogP contribution in [0.25, 0.3) is 0 Å². The summed E-state index contributed by atoms with van der Waals surface area (Å²) in [6.07, 6.45) is 0.804. The summed E-state index contributed by atoms with van der Waals surface area (Å²) in [5, 5.41) is 17.9. The highest BCUT2D eigenvalue weighted by Gasteiger charge is 2.17. The van der Waals surface area contributed by atoms with Crippen molar-refractivity contribution in [1.82, 2.24) is 0 Å². The molecule has 4 N–H and O–H groups in total. The smallest absolute Gasteiger partial charge is 0.320 e. The monoisotopic (exact) mass is 347 g/mol. The molecule has 0 aliphatic rings. The first-order chi connectivity index (χ1) is 10.7. The molecule has 0 amide bonds. The van der Waals surface area contributed by atoms with Gasteiger partial charge in [0, 0.05) is 25.0 Å². The van der Waals surface area contributed by atoms with Gasteiger partial charge in [-0.3, -0.25) is 14.4 Å². The van der Waals surface area contributed by atoms with Crippen LogP contribution in [0.1, 0.15) is 51.9 Å². The first-order valence-corrected chi connectivity index (χ1v) is 8.56. The number of carbonyl (C=O) groups is 4. The van der Waals surface area contributed by atoms with Gasteiger partial charge >= 0.3 is 5.97 Å². The molecule has 2 atom stereocenters. The Hall–Kier alpha value is -1.25. The molecule has 23 heavy (non-hydrogen) atoms. The number of hydrogen-bond acceptors (Lipinski definition) is 7. The molecule has 132 valence electrons. The van der Waals surface area contributed by atoms with E-state index in [1.54, 1.807) is 0 Å². The average Bonchev–Trinajstić information content (AvgIpc) is 2.48. The maximum absolute atomic E-state index is 11.6. The van der Waals surface area contributed by atoms with E-state index < -0.39 is 18.1 Å². The van der Waals surface area contributed by atoms with Crippen LogP contribution >= 0.6 is 11.8 Å². The SMILES string of the molecule is CC(=O)CCCSC(=O)[C@@H](O)CCCC(=O)CC[C@H](N)C(=O)O. The zero-order valence-corrected chi connectivity index (χ0v) is 14.1. The molecule has 0 radical (unpaired) electrons. The number of carboxylic acids is 1. The number of ketones is 2. The lowest BCUT2D eigenvalue weighted by Gasteiger charge is -2.09. The molecule has 0 saturated carbocycles. The zero-order valence-electron chi connectivity index (χ0n) is 13.3. The number of aliphatic carboxylic acids is 1. The summed E-state index contributed by atoms with van der Waals surface area (Å²) in [7, 11) is 0. The quantitative estimate of drug-likeness (QED) is 0.418. The first-order valence-electron chi connectivity index (χ1n) is 7.58. The Morgan fingerprint density at radius 3 is 2.26 bits per heavy atom. The molecule has 0 aliphatic carbocycles. The summed E-state index contributed by atoms with van der Waals surface area (Å²) < 4.78 is 0. The van der Waals surface area contributed by atoms with E-state index in [2.05, 4.69) is 0 Å². The number of rotatable bonds is 13. The zero-order chi connectivity index (χ0) is 17.8. The molecule has 7 nitrogen and oxygen atoms in total. The van der Waals surface area contributed by atoms with Gasteiger partial charge in [0.2, 0.25) is 5.12 Å². The third kappa shape index (κ3) is 11.9. The van der Waals surface area contributed by atoms with Crippen LogP contribution in [0.5, 0.6) is 0 Å². The van der Waals surface area contributed by atoms with E-state index in [4.69, 9.17) is 10.8 Å². The summed E-state index contributed by atoms with van der Waals surface area (Å²) in [5.41, 5.74) is 5.30. The van der Waals surface area contributed by atoms with Crippen LogP contribution in [0.2, 0.25) is 0 Å². The highest BCUT2D eigenvalue weighted by Crippen LogP contribution is 2.14. The fourth-order valence-electron chi connectivity index (χ4n) is 1.77. The molecule has 8 heteroatoms. The summed E-state index contributed by atoms with van der Waals surface area (Å²) >= 11 is 0.995. The van der Waals surface area contributed by atoms with Gasteiger partial charge in [0.25, 0.3) is 0 Å². The van der Waals surface area contributed by atoms with E-state index in [9.17, 15) is 24.3 Å². The highest BCUT2D eigenvalue weighted by atomic mass is 32.2. The van der Waals surface area contributed by atoms with Crippen molar-refractivity contribution in [3.05, 3.63) is 0 Å². The predicted octanol–water partition coefficient (Wildman–Crippen LogP) is 0.908. The third-order valence-corrected chi connectivity index (χ3v) is 4.22. The third-order valence-electron chi connectivity index (χ3n) is 3.17. The second kappa shape index (κ2) is 12.2. The Balaban J connectivity index is 3.77. The van der Waals surface area contributed by atoms with E-state index in [0.29, 0.717) is 25.0 Å². The second-order valence-electron chi connectivity index (χ2n) is 5.40. The molecule has 0 bridgehead atoms. The summed E-state index contributed by atoms with van der Waals surface area (Å²) in [6, 6.07) is -1.04. The minimum atomic E-state index is -1.14. The largest absolute Gasteiger partial charge is 0.480 e. The fourth-order valence-corrected chi connectivity index (χ4v) is 2.57. The molecule has 0 aromatic heterocycles. The number of hydrogen-bond donors (Lipinski definition) is 3. The molecular weight excluding hydrogens is 322 g/mol. The number of aliphatic hydroxyl groups is 1. The number of nitrogens with two attached hydrogens (primary N) is 1. The lowest BCUT2D eigenvalue weighted by molar-refractivity contribution is -0.138. The minimum absolute atomic E-state index is 0.0692. The van der Waals surface area contributed by atoms with Crippen LogP contribution in [0.15, 0.2) is 0 Å². The van der Waals surface area contributed by atoms with Gasteiger partial charge in [0.1, 0.15) is 23.7 Å². The van der Waals surface area contributed by atoms with Gasteiger partial charge < -0.3 is 20.7 Å². The Morgan fingerprint density at radius 2 is 1.70 bits per heavy atom. The number of aliphatic hydroxyl groups excluding tert-OH is 1. The van der Waals surface area contributed by atoms with Crippen molar-refractivity contribution in [3.63, 3.8) is 0 Å². The molecule has 0 aromatic carbocycles. The van der Waals surface area contributed by atoms with Crippen molar-refractivity contribution in [3.8, 4) is 0 Å². The van der Waals surface area contributed by atoms with Crippen molar-refractivity contribution < 1.29 is 29.4 Å². The van der Waals surface area contributed by atoms with Gasteiger partial charge in [-0.25, -0.2) is 0 Å². The van der Waals surface area contributed by atoms with E-state index >= 15 is 0 Å². The van der Waals surface area contributed by atoms with Crippen LogP contribution in [-0.4, -0.2) is 50.8 Å². The van der Waals surface area contributed by atoms with Gasteiger partial charge in [-0.1, -0.05) is 11.8 Å². The highest BCUT2D eigenvalue weighted by molar-refractivity contribution is 8.13. The molecule has 0 aromatic rings. The molecule has 0 aliphatic heterocycles.